The van der Waals surface area contributed by atoms with E-state index in [-0.39, 0.29) is 11.8 Å². The molecule has 0 aliphatic heterocycles. The summed E-state index contributed by atoms with van der Waals surface area (Å²) < 4.78 is 5.61. The molecule has 1 aliphatic rings. The highest BCUT2D eigenvalue weighted by Crippen LogP contribution is 2.35. The Bertz CT molecular complexity index is 269. The highest BCUT2D eigenvalue weighted by molar-refractivity contribution is 5.85. The second-order valence-electron chi connectivity index (χ2n) is 5.93. The summed E-state index contributed by atoms with van der Waals surface area (Å²) in [5, 5.41) is 0. The summed E-state index contributed by atoms with van der Waals surface area (Å²) in [6, 6.07) is 0. The van der Waals surface area contributed by atoms with Crippen molar-refractivity contribution in [3.63, 3.8) is 0 Å². The van der Waals surface area contributed by atoms with Gasteiger partial charge in [0.1, 0.15) is 0 Å². The Labute approximate surface area is 110 Å². The van der Waals surface area contributed by atoms with Crippen LogP contribution in [0, 0.1) is 11.8 Å². The van der Waals surface area contributed by atoms with Crippen molar-refractivity contribution in [2.45, 2.75) is 57.9 Å². The van der Waals surface area contributed by atoms with Gasteiger partial charge in [-0.2, -0.15) is 0 Å². The highest BCUT2D eigenvalue weighted by Gasteiger charge is 2.43. The van der Waals surface area contributed by atoms with Gasteiger partial charge in [0.25, 0.3) is 0 Å². The Morgan fingerprint density at radius 2 is 2.17 bits per heavy atom. The molecule has 0 aromatic carbocycles. The van der Waals surface area contributed by atoms with E-state index in [1.807, 2.05) is 0 Å². The molecule has 1 aliphatic carbocycles. The van der Waals surface area contributed by atoms with E-state index in [1.165, 1.54) is 6.42 Å². The first-order valence-corrected chi connectivity index (χ1v) is 7.13. The van der Waals surface area contributed by atoms with Crippen LogP contribution in [0.4, 0.5) is 0 Å². The topological polar surface area (TPSA) is 78.3 Å². The second-order valence-corrected chi connectivity index (χ2v) is 5.93. The maximum absolute atomic E-state index is 11.4. The van der Waals surface area contributed by atoms with E-state index < -0.39 is 5.54 Å². The number of rotatable bonds is 8. The fourth-order valence-corrected chi connectivity index (χ4v) is 2.75. The van der Waals surface area contributed by atoms with Crippen LogP contribution in [0.2, 0.25) is 0 Å². The molecule has 1 saturated carbocycles. The number of primary amides is 1. The van der Waals surface area contributed by atoms with Crippen LogP contribution in [-0.2, 0) is 9.53 Å². The van der Waals surface area contributed by atoms with Crippen LogP contribution in [-0.4, -0.2) is 24.7 Å². The Morgan fingerprint density at radius 3 is 2.78 bits per heavy atom. The van der Waals surface area contributed by atoms with Gasteiger partial charge in [-0.15, -0.1) is 0 Å². The Balaban J connectivity index is 2.17. The minimum Gasteiger partial charge on any atom is -0.381 e. The molecular weight excluding hydrogens is 228 g/mol. The van der Waals surface area contributed by atoms with Crippen LogP contribution >= 0.6 is 0 Å². The zero-order valence-corrected chi connectivity index (χ0v) is 11.8. The van der Waals surface area contributed by atoms with E-state index in [0.29, 0.717) is 6.61 Å². The molecule has 18 heavy (non-hydrogen) atoms. The highest BCUT2D eigenvalue weighted by atomic mass is 16.5. The lowest BCUT2D eigenvalue weighted by atomic mass is 9.85. The quantitative estimate of drug-likeness (QED) is 0.650. The minimum absolute atomic E-state index is 0.195. The molecule has 4 nitrogen and oxygen atoms in total. The maximum Gasteiger partial charge on any atom is 0.237 e. The summed E-state index contributed by atoms with van der Waals surface area (Å²) >= 11 is 0. The Morgan fingerprint density at radius 1 is 1.44 bits per heavy atom. The number of ether oxygens (including phenoxy) is 1. The van der Waals surface area contributed by atoms with Crippen molar-refractivity contribution in [1.82, 2.24) is 0 Å². The summed E-state index contributed by atoms with van der Waals surface area (Å²) in [4.78, 5) is 11.4. The fraction of sp³-hybridized carbons (Fsp3) is 0.929. The average Bonchev–Trinajstić information content (AvgIpc) is 2.66. The first-order chi connectivity index (χ1) is 8.47. The lowest BCUT2D eigenvalue weighted by molar-refractivity contribution is -0.124. The zero-order valence-electron chi connectivity index (χ0n) is 11.8. The molecule has 0 aromatic heterocycles. The maximum atomic E-state index is 11.4. The molecule has 2 unspecified atom stereocenters. The Kier molecular flexibility index (Phi) is 6.09. The number of amides is 1. The molecule has 1 rings (SSSR count). The molecule has 0 aromatic rings. The van der Waals surface area contributed by atoms with Gasteiger partial charge in [-0.1, -0.05) is 20.3 Å². The molecular formula is C14H28N2O2. The predicted octanol–water partition coefficient (Wildman–Crippen LogP) is 1.81. The van der Waals surface area contributed by atoms with Gasteiger partial charge in [0.05, 0.1) is 5.54 Å². The van der Waals surface area contributed by atoms with Crippen molar-refractivity contribution in [2.24, 2.45) is 23.3 Å². The fourth-order valence-electron chi connectivity index (χ4n) is 2.75. The van der Waals surface area contributed by atoms with Gasteiger partial charge in [-0.3, -0.25) is 4.79 Å². The smallest absolute Gasteiger partial charge is 0.237 e. The van der Waals surface area contributed by atoms with Crippen LogP contribution < -0.4 is 11.5 Å². The molecule has 4 heteroatoms. The van der Waals surface area contributed by atoms with Crippen LogP contribution in [0.25, 0.3) is 0 Å². The Hall–Kier alpha value is -0.610. The van der Waals surface area contributed by atoms with Crippen LogP contribution in [0.3, 0.4) is 0 Å². The average molecular weight is 256 g/mol. The van der Waals surface area contributed by atoms with Crippen molar-refractivity contribution in [2.75, 3.05) is 13.2 Å². The van der Waals surface area contributed by atoms with Gasteiger partial charge in [-0.05, 0) is 43.9 Å². The van der Waals surface area contributed by atoms with Gasteiger partial charge in [-0.25, -0.2) is 0 Å². The number of carbonyl (C=O) groups is 1. The molecule has 2 atom stereocenters. The van der Waals surface area contributed by atoms with Crippen molar-refractivity contribution >= 4 is 5.91 Å². The molecule has 0 radical (unpaired) electrons. The van der Waals surface area contributed by atoms with E-state index in [9.17, 15) is 4.79 Å². The molecule has 0 spiro atoms. The van der Waals surface area contributed by atoms with E-state index in [4.69, 9.17) is 16.2 Å². The molecule has 0 bridgehead atoms. The van der Waals surface area contributed by atoms with Crippen molar-refractivity contribution < 1.29 is 9.53 Å². The summed E-state index contributed by atoms with van der Waals surface area (Å²) in [5.41, 5.74) is 10.7. The molecule has 0 heterocycles. The van der Waals surface area contributed by atoms with Crippen LogP contribution in [0.1, 0.15) is 52.4 Å². The third-order valence-electron chi connectivity index (χ3n) is 4.01. The van der Waals surface area contributed by atoms with Gasteiger partial charge in [0.2, 0.25) is 5.91 Å². The zero-order chi connectivity index (χ0) is 13.6. The molecule has 106 valence electrons. The third kappa shape index (κ3) is 4.25. The first-order valence-electron chi connectivity index (χ1n) is 7.13. The summed E-state index contributed by atoms with van der Waals surface area (Å²) in [5.74, 6) is 0.569. The number of carbonyl (C=O) groups excluding carboxylic acids is 1. The van der Waals surface area contributed by atoms with Crippen molar-refractivity contribution in [3.05, 3.63) is 0 Å². The summed E-state index contributed by atoms with van der Waals surface area (Å²) in [6.45, 7) is 5.93. The third-order valence-corrected chi connectivity index (χ3v) is 4.01. The molecule has 4 N–H and O–H groups in total. The molecule has 0 saturated heterocycles. The molecule has 1 fully saturated rings. The second kappa shape index (κ2) is 7.10. The first kappa shape index (κ1) is 15.4. The number of hydrogen-bond donors (Lipinski definition) is 2. The van der Waals surface area contributed by atoms with E-state index in [0.717, 1.165) is 44.6 Å². The number of nitrogens with two attached hydrogens (primary N) is 2. The van der Waals surface area contributed by atoms with Gasteiger partial charge >= 0.3 is 0 Å². The van der Waals surface area contributed by atoms with E-state index in [1.54, 1.807) is 0 Å². The van der Waals surface area contributed by atoms with Gasteiger partial charge in [0.15, 0.2) is 0 Å². The van der Waals surface area contributed by atoms with Gasteiger partial charge in [0, 0.05) is 13.2 Å². The lowest BCUT2D eigenvalue weighted by Crippen LogP contribution is -2.54. The minimum atomic E-state index is -0.790. The van der Waals surface area contributed by atoms with Crippen LogP contribution in [0.5, 0.6) is 0 Å². The summed E-state index contributed by atoms with van der Waals surface area (Å²) in [6.07, 6.45) is 5.87. The summed E-state index contributed by atoms with van der Waals surface area (Å²) in [7, 11) is 0. The lowest BCUT2D eigenvalue weighted by Gasteiger charge is -2.27. The SMILES string of the molecule is CC(C)CCCOCCC1CCCC1(N)C(N)=O. The number of hydrogen-bond acceptors (Lipinski definition) is 3. The largest absolute Gasteiger partial charge is 0.381 e. The van der Waals surface area contributed by atoms with Crippen molar-refractivity contribution in [1.29, 1.82) is 0 Å². The normalized spacial score (nSPS) is 27.9. The monoisotopic (exact) mass is 256 g/mol. The van der Waals surface area contributed by atoms with Gasteiger partial charge < -0.3 is 16.2 Å². The standard InChI is InChI=1S/C14H28N2O2/c1-11(2)5-4-9-18-10-7-12-6-3-8-14(12,16)13(15)17/h11-12H,3-10,16H2,1-2H3,(H2,15,17). The van der Waals surface area contributed by atoms with E-state index in [2.05, 4.69) is 13.8 Å². The molecule has 1 amide bonds. The van der Waals surface area contributed by atoms with Crippen molar-refractivity contribution in [3.8, 4) is 0 Å². The van der Waals surface area contributed by atoms with Crippen LogP contribution in [0.15, 0.2) is 0 Å². The predicted molar refractivity (Wildman–Crippen MR) is 73.0 cm³/mol. The van der Waals surface area contributed by atoms with E-state index >= 15 is 0 Å².